The molecule has 0 bridgehead atoms. The van der Waals surface area contributed by atoms with Crippen LogP contribution < -0.4 is 0 Å². The molecule has 0 aromatic carbocycles. The molecule has 0 aliphatic heterocycles. The minimum absolute atomic E-state index is 0.0820. The molecule has 72 valence electrons. The van der Waals surface area contributed by atoms with Crippen LogP contribution in [0.1, 0.15) is 10.5 Å². The van der Waals surface area contributed by atoms with Crippen molar-refractivity contribution in [2.75, 3.05) is 0 Å². The van der Waals surface area contributed by atoms with Crippen LogP contribution in [-0.4, -0.2) is 25.2 Å². The zero-order valence-corrected chi connectivity index (χ0v) is 8.15. The predicted octanol–water partition coefficient (Wildman–Crippen LogP) is 1.24. The summed E-state index contributed by atoms with van der Waals surface area (Å²) in [6.45, 7) is 0. The Morgan fingerprint density at radius 1 is 1.64 bits per heavy atom. The van der Waals surface area contributed by atoms with Crippen molar-refractivity contribution in [1.29, 1.82) is 0 Å². The van der Waals surface area contributed by atoms with Crippen LogP contribution >= 0.6 is 11.5 Å². The monoisotopic (exact) mass is 209 g/mol. The summed E-state index contributed by atoms with van der Waals surface area (Å²) in [7, 11) is 1.76. The lowest BCUT2D eigenvalue weighted by Gasteiger charge is -1.98. The van der Waals surface area contributed by atoms with Crippen LogP contribution in [0.2, 0.25) is 0 Å². The van der Waals surface area contributed by atoms with Crippen LogP contribution in [0.3, 0.4) is 0 Å². The lowest BCUT2D eigenvalue weighted by molar-refractivity contribution is 0.0692. The predicted molar refractivity (Wildman–Crippen MR) is 51.3 cm³/mol. The minimum atomic E-state index is -1.01. The van der Waals surface area contributed by atoms with Gasteiger partial charge in [0.1, 0.15) is 0 Å². The maximum Gasteiger partial charge on any atom is 0.356 e. The van der Waals surface area contributed by atoms with E-state index in [0.717, 1.165) is 17.2 Å². The van der Waals surface area contributed by atoms with Crippen LogP contribution in [-0.2, 0) is 7.05 Å². The smallest absolute Gasteiger partial charge is 0.356 e. The van der Waals surface area contributed by atoms with Crippen molar-refractivity contribution in [2.45, 2.75) is 0 Å². The highest BCUT2D eigenvalue weighted by atomic mass is 32.1. The zero-order chi connectivity index (χ0) is 10.1. The minimum Gasteiger partial charge on any atom is -0.476 e. The van der Waals surface area contributed by atoms with E-state index in [1.165, 1.54) is 0 Å². The van der Waals surface area contributed by atoms with E-state index in [2.05, 4.69) is 9.47 Å². The van der Waals surface area contributed by atoms with E-state index in [9.17, 15) is 4.79 Å². The number of carboxylic acid groups (broad SMARTS) is 1. The molecule has 0 amide bonds. The third-order valence-corrected chi connectivity index (χ3v) is 2.50. The molecule has 5 nitrogen and oxygen atoms in total. The first-order valence-corrected chi connectivity index (χ1v) is 4.70. The van der Waals surface area contributed by atoms with Gasteiger partial charge in [-0.15, -0.1) is 0 Å². The molecule has 0 aliphatic rings. The Kier molecular flexibility index (Phi) is 2.05. The SMILES string of the molecule is Cn1nccc1-c1csnc1C(=O)O. The van der Waals surface area contributed by atoms with Gasteiger partial charge in [0.2, 0.25) is 0 Å². The van der Waals surface area contributed by atoms with E-state index in [1.807, 2.05) is 0 Å². The average molecular weight is 209 g/mol. The van der Waals surface area contributed by atoms with Crippen molar-refractivity contribution in [1.82, 2.24) is 14.2 Å². The Bertz CT molecular complexity index is 474. The van der Waals surface area contributed by atoms with Crippen LogP contribution in [0.5, 0.6) is 0 Å². The second-order valence-electron chi connectivity index (χ2n) is 2.72. The molecule has 0 unspecified atom stereocenters. The number of aromatic nitrogens is 3. The van der Waals surface area contributed by atoms with Gasteiger partial charge in [0.15, 0.2) is 5.69 Å². The highest BCUT2D eigenvalue weighted by molar-refractivity contribution is 7.04. The molecule has 0 aliphatic carbocycles. The first-order chi connectivity index (χ1) is 6.70. The largest absolute Gasteiger partial charge is 0.476 e. The summed E-state index contributed by atoms with van der Waals surface area (Å²) in [5, 5.41) is 14.5. The molecule has 0 saturated heterocycles. The Morgan fingerprint density at radius 3 is 3.00 bits per heavy atom. The number of aryl methyl sites for hydroxylation is 1. The van der Waals surface area contributed by atoms with Crippen LogP contribution in [0.4, 0.5) is 0 Å². The summed E-state index contributed by atoms with van der Waals surface area (Å²) in [6, 6.07) is 1.76. The summed E-state index contributed by atoms with van der Waals surface area (Å²) in [6.07, 6.45) is 1.62. The van der Waals surface area contributed by atoms with Gasteiger partial charge >= 0.3 is 5.97 Å². The number of carbonyl (C=O) groups is 1. The zero-order valence-electron chi connectivity index (χ0n) is 7.34. The summed E-state index contributed by atoms with van der Waals surface area (Å²) in [5.41, 5.74) is 1.46. The third kappa shape index (κ3) is 1.29. The van der Waals surface area contributed by atoms with Gasteiger partial charge < -0.3 is 5.11 Å². The van der Waals surface area contributed by atoms with E-state index in [4.69, 9.17) is 5.11 Å². The number of nitrogens with zero attached hydrogens (tertiary/aromatic N) is 3. The van der Waals surface area contributed by atoms with Gasteiger partial charge in [0.05, 0.1) is 5.69 Å². The lowest BCUT2D eigenvalue weighted by atomic mass is 10.2. The molecule has 1 N–H and O–H groups in total. The fourth-order valence-electron chi connectivity index (χ4n) is 1.21. The molecular formula is C8H7N3O2S. The summed E-state index contributed by atoms with van der Waals surface area (Å²) >= 11 is 1.13. The molecular weight excluding hydrogens is 202 g/mol. The van der Waals surface area contributed by atoms with Gasteiger partial charge in [-0.1, -0.05) is 0 Å². The molecule has 14 heavy (non-hydrogen) atoms. The van der Waals surface area contributed by atoms with Gasteiger partial charge in [-0.3, -0.25) is 4.68 Å². The van der Waals surface area contributed by atoms with E-state index < -0.39 is 5.97 Å². The number of rotatable bonds is 2. The topological polar surface area (TPSA) is 68.0 Å². The summed E-state index contributed by atoms with van der Waals surface area (Å²) in [5.74, 6) is -1.01. The average Bonchev–Trinajstić information content (AvgIpc) is 2.70. The standard InChI is InChI=1S/C8H7N3O2S/c1-11-6(2-3-9-11)5-4-14-10-7(5)8(12)13/h2-4H,1H3,(H,12,13). The van der Waals surface area contributed by atoms with Crippen molar-refractivity contribution in [3.05, 3.63) is 23.3 Å². The maximum absolute atomic E-state index is 10.8. The van der Waals surface area contributed by atoms with Crippen molar-refractivity contribution in [3.8, 4) is 11.3 Å². The van der Waals surface area contributed by atoms with E-state index in [-0.39, 0.29) is 5.69 Å². The quantitative estimate of drug-likeness (QED) is 0.808. The molecule has 2 aromatic heterocycles. The fourth-order valence-corrected chi connectivity index (χ4v) is 1.88. The van der Waals surface area contributed by atoms with Gasteiger partial charge in [-0.25, -0.2) is 4.79 Å². The molecule has 0 radical (unpaired) electrons. The van der Waals surface area contributed by atoms with E-state index >= 15 is 0 Å². The van der Waals surface area contributed by atoms with E-state index in [1.54, 1.807) is 29.4 Å². The molecule has 0 fully saturated rings. The molecule has 2 rings (SSSR count). The van der Waals surface area contributed by atoms with Crippen molar-refractivity contribution < 1.29 is 9.90 Å². The van der Waals surface area contributed by atoms with Crippen LogP contribution in [0.25, 0.3) is 11.3 Å². The molecule has 2 heterocycles. The van der Waals surface area contributed by atoms with Gasteiger partial charge in [-0.2, -0.15) is 9.47 Å². The maximum atomic E-state index is 10.8. The second kappa shape index (κ2) is 3.22. The van der Waals surface area contributed by atoms with Crippen molar-refractivity contribution in [2.24, 2.45) is 7.05 Å². The Hall–Kier alpha value is -1.69. The van der Waals surface area contributed by atoms with E-state index in [0.29, 0.717) is 5.56 Å². The van der Waals surface area contributed by atoms with Gasteiger partial charge in [0, 0.05) is 24.2 Å². The number of aromatic carboxylic acids is 1. The van der Waals surface area contributed by atoms with Gasteiger partial charge in [0.25, 0.3) is 0 Å². The fraction of sp³-hybridized carbons (Fsp3) is 0.125. The van der Waals surface area contributed by atoms with Crippen molar-refractivity contribution in [3.63, 3.8) is 0 Å². The molecule has 6 heteroatoms. The Labute approximate surface area is 83.8 Å². The highest BCUT2D eigenvalue weighted by Crippen LogP contribution is 2.23. The lowest BCUT2D eigenvalue weighted by Crippen LogP contribution is -2.01. The number of hydrogen-bond acceptors (Lipinski definition) is 4. The van der Waals surface area contributed by atoms with Gasteiger partial charge in [-0.05, 0) is 17.6 Å². The van der Waals surface area contributed by atoms with Crippen molar-refractivity contribution >= 4 is 17.5 Å². The van der Waals surface area contributed by atoms with Crippen LogP contribution in [0.15, 0.2) is 17.6 Å². The highest BCUT2D eigenvalue weighted by Gasteiger charge is 2.16. The Balaban J connectivity index is 2.57. The first kappa shape index (κ1) is 8.89. The second-order valence-corrected chi connectivity index (χ2v) is 3.35. The number of carboxylic acids is 1. The molecule has 2 aromatic rings. The third-order valence-electron chi connectivity index (χ3n) is 1.87. The summed E-state index contributed by atoms with van der Waals surface area (Å²) in [4.78, 5) is 10.8. The first-order valence-electron chi connectivity index (χ1n) is 3.86. The van der Waals surface area contributed by atoms with Crippen LogP contribution in [0, 0.1) is 0 Å². The summed E-state index contributed by atoms with van der Waals surface area (Å²) < 4.78 is 5.44. The Morgan fingerprint density at radius 2 is 2.43 bits per heavy atom. The molecule has 0 spiro atoms. The molecule has 0 saturated carbocycles. The number of hydrogen-bond donors (Lipinski definition) is 1. The molecule has 0 atom stereocenters. The normalized spacial score (nSPS) is 10.4.